The molecule has 0 saturated carbocycles. The standard InChI is InChI=1S/C24H23N3O2S/c1-3-27(19-9-5-4-6-10-19)23(29)20-11-7-8-12-21(20)25-24(30)26-22(28)18-15-13-17(2)14-16-18/h4-16H,3H2,1-2H3,(H2,25,26,28,30). The summed E-state index contributed by atoms with van der Waals surface area (Å²) in [6, 6.07) is 23.8. The molecule has 3 rings (SSSR count). The molecule has 30 heavy (non-hydrogen) atoms. The second-order valence-electron chi connectivity index (χ2n) is 6.70. The summed E-state index contributed by atoms with van der Waals surface area (Å²) in [6.45, 7) is 4.40. The van der Waals surface area contributed by atoms with Crippen LogP contribution in [0.15, 0.2) is 78.9 Å². The van der Waals surface area contributed by atoms with Crippen molar-refractivity contribution in [2.75, 3.05) is 16.8 Å². The van der Waals surface area contributed by atoms with Gasteiger partial charge in [-0.05, 0) is 62.5 Å². The average Bonchev–Trinajstić information content (AvgIpc) is 2.75. The lowest BCUT2D eigenvalue weighted by Gasteiger charge is -2.23. The number of carbonyl (C=O) groups is 2. The van der Waals surface area contributed by atoms with Crippen LogP contribution in [0.3, 0.4) is 0 Å². The Hall–Kier alpha value is -3.51. The Morgan fingerprint density at radius 3 is 2.20 bits per heavy atom. The fourth-order valence-corrected chi connectivity index (χ4v) is 3.21. The Bertz CT molecular complexity index is 1050. The third-order valence-corrected chi connectivity index (χ3v) is 4.78. The highest BCUT2D eigenvalue weighted by Crippen LogP contribution is 2.21. The Morgan fingerprint density at radius 2 is 1.53 bits per heavy atom. The van der Waals surface area contributed by atoms with E-state index in [-0.39, 0.29) is 16.9 Å². The van der Waals surface area contributed by atoms with Gasteiger partial charge in [-0.3, -0.25) is 14.9 Å². The molecule has 0 fully saturated rings. The van der Waals surface area contributed by atoms with Crippen LogP contribution in [0.25, 0.3) is 0 Å². The number of nitrogens with one attached hydrogen (secondary N) is 2. The predicted octanol–water partition coefficient (Wildman–Crippen LogP) is 4.79. The Balaban J connectivity index is 1.76. The monoisotopic (exact) mass is 417 g/mol. The second-order valence-corrected chi connectivity index (χ2v) is 7.11. The zero-order valence-electron chi connectivity index (χ0n) is 16.9. The molecule has 0 bridgehead atoms. The summed E-state index contributed by atoms with van der Waals surface area (Å²) in [5.74, 6) is -0.463. The molecule has 0 saturated heterocycles. The number of carbonyl (C=O) groups excluding carboxylic acids is 2. The highest BCUT2D eigenvalue weighted by atomic mass is 32.1. The molecule has 0 spiro atoms. The lowest BCUT2D eigenvalue weighted by Crippen LogP contribution is -2.35. The maximum absolute atomic E-state index is 13.2. The minimum atomic E-state index is -0.309. The van der Waals surface area contributed by atoms with Gasteiger partial charge in [-0.2, -0.15) is 0 Å². The van der Waals surface area contributed by atoms with E-state index >= 15 is 0 Å². The van der Waals surface area contributed by atoms with Crippen molar-refractivity contribution in [3.63, 3.8) is 0 Å². The number of nitrogens with zero attached hydrogens (tertiary/aromatic N) is 1. The number of aryl methyl sites for hydroxylation is 1. The van der Waals surface area contributed by atoms with Crippen LogP contribution < -0.4 is 15.5 Å². The minimum Gasteiger partial charge on any atom is -0.332 e. The number of anilines is 2. The highest BCUT2D eigenvalue weighted by Gasteiger charge is 2.19. The summed E-state index contributed by atoms with van der Waals surface area (Å²) in [5.41, 5.74) is 3.39. The van der Waals surface area contributed by atoms with Crippen molar-refractivity contribution < 1.29 is 9.59 Å². The number of benzene rings is 3. The molecule has 0 aliphatic rings. The minimum absolute atomic E-state index is 0.128. The second kappa shape index (κ2) is 9.80. The maximum Gasteiger partial charge on any atom is 0.260 e. The van der Waals surface area contributed by atoms with Crippen LogP contribution in [0.2, 0.25) is 0 Å². The number of thiocarbonyl (C=S) groups is 1. The number of hydrogen-bond donors (Lipinski definition) is 2. The normalized spacial score (nSPS) is 10.2. The zero-order chi connectivity index (χ0) is 21.5. The van der Waals surface area contributed by atoms with Gasteiger partial charge in [0.25, 0.3) is 11.8 Å². The lowest BCUT2D eigenvalue weighted by molar-refractivity contribution is 0.0974. The van der Waals surface area contributed by atoms with Gasteiger partial charge in [-0.1, -0.05) is 48.0 Å². The maximum atomic E-state index is 13.2. The molecule has 0 heterocycles. The van der Waals surface area contributed by atoms with E-state index in [0.717, 1.165) is 11.3 Å². The third-order valence-electron chi connectivity index (χ3n) is 4.58. The van der Waals surface area contributed by atoms with Crippen molar-refractivity contribution in [2.45, 2.75) is 13.8 Å². The number of rotatable bonds is 5. The van der Waals surface area contributed by atoms with Crippen molar-refractivity contribution in [3.8, 4) is 0 Å². The van der Waals surface area contributed by atoms with Crippen molar-refractivity contribution in [2.24, 2.45) is 0 Å². The molecule has 0 aliphatic heterocycles. The van der Waals surface area contributed by atoms with E-state index in [0.29, 0.717) is 23.4 Å². The first-order valence-corrected chi connectivity index (χ1v) is 10.1. The van der Waals surface area contributed by atoms with Gasteiger partial charge in [-0.25, -0.2) is 0 Å². The van der Waals surface area contributed by atoms with Gasteiger partial charge in [0, 0.05) is 17.8 Å². The first-order chi connectivity index (χ1) is 14.5. The van der Waals surface area contributed by atoms with Crippen molar-refractivity contribution >= 4 is 40.5 Å². The third kappa shape index (κ3) is 5.10. The van der Waals surface area contributed by atoms with E-state index in [2.05, 4.69) is 10.6 Å². The SMILES string of the molecule is CCN(C(=O)c1ccccc1NC(=S)NC(=O)c1ccc(C)cc1)c1ccccc1. The zero-order valence-corrected chi connectivity index (χ0v) is 17.7. The van der Waals surface area contributed by atoms with Gasteiger partial charge in [0.2, 0.25) is 0 Å². The molecule has 5 nitrogen and oxygen atoms in total. The van der Waals surface area contributed by atoms with Gasteiger partial charge in [0.05, 0.1) is 11.3 Å². The molecule has 0 aromatic heterocycles. The first kappa shape index (κ1) is 21.2. The number of hydrogen-bond acceptors (Lipinski definition) is 3. The molecule has 0 atom stereocenters. The van der Waals surface area contributed by atoms with E-state index in [9.17, 15) is 9.59 Å². The molecular formula is C24H23N3O2S. The van der Waals surface area contributed by atoms with Gasteiger partial charge in [0.1, 0.15) is 0 Å². The average molecular weight is 418 g/mol. The molecular weight excluding hydrogens is 394 g/mol. The van der Waals surface area contributed by atoms with Crippen molar-refractivity contribution in [1.29, 1.82) is 0 Å². The van der Waals surface area contributed by atoms with E-state index in [1.807, 2.05) is 62.4 Å². The number of para-hydroxylation sites is 2. The van der Waals surface area contributed by atoms with Gasteiger partial charge in [-0.15, -0.1) is 0 Å². The van der Waals surface area contributed by atoms with Crippen LogP contribution in [0.5, 0.6) is 0 Å². The van der Waals surface area contributed by atoms with Crippen LogP contribution >= 0.6 is 12.2 Å². The Morgan fingerprint density at radius 1 is 0.900 bits per heavy atom. The molecule has 0 unspecified atom stereocenters. The van der Waals surface area contributed by atoms with Gasteiger partial charge >= 0.3 is 0 Å². The summed E-state index contributed by atoms with van der Waals surface area (Å²) in [7, 11) is 0. The highest BCUT2D eigenvalue weighted by molar-refractivity contribution is 7.80. The number of amides is 2. The lowest BCUT2D eigenvalue weighted by atomic mass is 10.1. The molecule has 3 aromatic rings. The fourth-order valence-electron chi connectivity index (χ4n) is 3.01. The van der Waals surface area contributed by atoms with E-state index in [4.69, 9.17) is 12.2 Å². The smallest absolute Gasteiger partial charge is 0.260 e. The van der Waals surface area contributed by atoms with Gasteiger partial charge in [0.15, 0.2) is 5.11 Å². The molecule has 152 valence electrons. The van der Waals surface area contributed by atoms with E-state index < -0.39 is 0 Å². The van der Waals surface area contributed by atoms with Crippen LogP contribution in [-0.4, -0.2) is 23.5 Å². The molecule has 2 amide bonds. The predicted molar refractivity (Wildman–Crippen MR) is 125 cm³/mol. The van der Waals surface area contributed by atoms with E-state index in [1.165, 1.54) is 0 Å². The summed E-state index contributed by atoms with van der Waals surface area (Å²) < 4.78 is 0. The van der Waals surface area contributed by atoms with E-state index in [1.54, 1.807) is 35.2 Å². The summed E-state index contributed by atoms with van der Waals surface area (Å²) >= 11 is 5.30. The van der Waals surface area contributed by atoms with Crippen LogP contribution in [0.1, 0.15) is 33.2 Å². The quantitative estimate of drug-likeness (QED) is 0.586. The van der Waals surface area contributed by atoms with Crippen molar-refractivity contribution in [3.05, 3.63) is 95.6 Å². The van der Waals surface area contributed by atoms with Gasteiger partial charge < -0.3 is 10.2 Å². The molecule has 2 N–H and O–H groups in total. The van der Waals surface area contributed by atoms with Crippen LogP contribution in [0, 0.1) is 6.92 Å². The van der Waals surface area contributed by atoms with Crippen molar-refractivity contribution in [1.82, 2.24) is 5.32 Å². The molecule has 6 heteroatoms. The Labute approximate surface area is 181 Å². The summed E-state index contributed by atoms with van der Waals surface area (Å²) in [6.07, 6.45) is 0. The van der Waals surface area contributed by atoms with Crippen LogP contribution in [-0.2, 0) is 0 Å². The molecule has 0 aliphatic carbocycles. The summed E-state index contributed by atoms with van der Waals surface area (Å²) in [5, 5.41) is 5.78. The fraction of sp³-hybridized carbons (Fsp3) is 0.125. The Kier molecular flexibility index (Phi) is 6.93. The topological polar surface area (TPSA) is 61.4 Å². The molecule has 0 radical (unpaired) electrons. The van der Waals surface area contributed by atoms with Crippen LogP contribution in [0.4, 0.5) is 11.4 Å². The first-order valence-electron chi connectivity index (χ1n) is 9.64. The summed E-state index contributed by atoms with van der Waals surface area (Å²) in [4.78, 5) is 27.3. The molecule has 3 aromatic carbocycles. The largest absolute Gasteiger partial charge is 0.332 e.